The highest BCUT2D eigenvalue weighted by molar-refractivity contribution is 6.24. The van der Waals surface area contributed by atoms with Crippen LogP contribution in [0.1, 0.15) is 18.9 Å². The van der Waals surface area contributed by atoms with Crippen molar-refractivity contribution in [2.75, 3.05) is 0 Å². The zero-order valence-corrected chi connectivity index (χ0v) is 11.9. The largest absolute Gasteiger partial charge is 0.369 e. The maximum atomic E-state index is 6.22. The van der Waals surface area contributed by atoms with E-state index in [0.717, 1.165) is 18.8 Å². The topological polar surface area (TPSA) is 24.4 Å². The van der Waals surface area contributed by atoms with E-state index in [9.17, 15) is 0 Å². The number of fused-ring (bicyclic) bond motifs is 1. The van der Waals surface area contributed by atoms with Crippen molar-refractivity contribution in [1.82, 2.24) is 5.32 Å². The molecule has 18 heavy (non-hydrogen) atoms. The van der Waals surface area contributed by atoms with Gasteiger partial charge in [0.2, 0.25) is 0 Å². The van der Waals surface area contributed by atoms with Crippen LogP contribution < -0.4 is 5.32 Å². The zero-order valence-electron chi connectivity index (χ0n) is 10.3. The summed E-state index contributed by atoms with van der Waals surface area (Å²) in [6, 6.07) is 10.8. The smallest absolute Gasteiger partial charge is 0.0972 e. The number of rotatable bonds is 2. The van der Waals surface area contributed by atoms with Crippen LogP contribution >= 0.6 is 24.0 Å². The number of nitrogens with zero attached hydrogens (tertiary/aromatic N) is 1. The van der Waals surface area contributed by atoms with Gasteiger partial charge in [-0.2, -0.15) is 0 Å². The molecule has 1 aliphatic heterocycles. The highest BCUT2D eigenvalue weighted by Crippen LogP contribution is 2.46. The van der Waals surface area contributed by atoms with Gasteiger partial charge in [0.05, 0.1) is 17.8 Å². The molecule has 1 aliphatic carbocycles. The number of piperidine rings is 1. The molecular formula is C14H18Cl2N2. The van der Waals surface area contributed by atoms with E-state index in [2.05, 4.69) is 41.5 Å². The number of benzene rings is 1. The van der Waals surface area contributed by atoms with Gasteiger partial charge < -0.3 is 5.32 Å². The van der Waals surface area contributed by atoms with Crippen molar-refractivity contribution in [1.29, 1.82) is 0 Å². The summed E-state index contributed by atoms with van der Waals surface area (Å²) in [4.78, 5) is 4.66. The van der Waals surface area contributed by atoms with Crippen molar-refractivity contribution in [2.24, 2.45) is 16.8 Å². The maximum Gasteiger partial charge on any atom is 0.0972 e. The van der Waals surface area contributed by atoms with Crippen LogP contribution in [0, 0.1) is 11.8 Å². The molecule has 1 aromatic rings. The van der Waals surface area contributed by atoms with Gasteiger partial charge in [-0.25, -0.2) is 0 Å². The lowest BCUT2D eigenvalue weighted by Crippen LogP contribution is -2.34. The Bertz CT molecular complexity index is 423. The van der Waals surface area contributed by atoms with E-state index in [-0.39, 0.29) is 12.4 Å². The van der Waals surface area contributed by atoms with E-state index >= 15 is 0 Å². The molecule has 1 saturated carbocycles. The third kappa shape index (κ3) is 2.65. The van der Waals surface area contributed by atoms with Gasteiger partial charge in [-0.3, -0.25) is 4.99 Å². The SMILES string of the molecule is CC1CC(=NCc2ccccc2)N[C@@H]2C(Cl)[C@@H]12.Cl. The lowest BCUT2D eigenvalue weighted by molar-refractivity contribution is 0.474. The number of amidine groups is 1. The van der Waals surface area contributed by atoms with Crippen LogP contribution in [0.3, 0.4) is 0 Å². The standard InChI is InChI=1S/C14H17ClN2.ClH/c1-9-7-11(17-14-12(9)13(14)15)16-8-10-5-3-2-4-6-10;/h2-6,9,12-14H,7-8H2,1H3,(H,16,17);1H/t9?,12-,13?,14+;/m1./s1. The molecule has 1 aromatic carbocycles. The molecule has 1 N–H and O–H groups in total. The third-order valence-corrected chi connectivity index (χ3v) is 4.35. The Balaban J connectivity index is 0.00000120. The number of hydrogen-bond acceptors (Lipinski definition) is 1. The molecule has 1 saturated heterocycles. The highest BCUT2D eigenvalue weighted by Gasteiger charge is 2.55. The first-order valence-corrected chi connectivity index (χ1v) is 6.67. The number of hydrogen-bond donors (Lipinski definition) is 1. The normalized spacial score (nSPS) is 35.3. The molecule has 98 valence electrons. The van der Waals surface area contributed by atoms with Crippen LogP contribution in [0.15, 0.2) is 35.3 Å². The van der Waals surface area contributed by atoms with Gasteiger partial charge in [-0.15, -0.1) is 24.0 Å². The fraction of sp³-hybridized carbons (Fsp3) is 0.500. The molecule has 0 radical (unpaired) electrons. The zero-order chi connectivity index (χ0) is 11.8. The third-order valence-electron chi connectivity index (χ3n) is 3.79. The summed E-state index contributed by atoms with van der Waals surface area (Å²) in [6.45, 7) is 3.04. The van der Waals surface area contributed by atoms with Gasteiger partial charge in [-0.05, 0) is 11.5 Å². The Morgan fingerprint density at radius 1 is 1.33 bits per heavy atom. The van der Waals surface area contributed by atoms with Gasteiger partial charge in [0, 0.05) is 18.4 Å². The van der Waals surface area contributed by atoms with Gasteiger partial charge >= 0.3 is 0 Å². The molecule has 2 fully saturated rings. The fourth-order valence-corrected chi connectivity index (χ4v) is 3.26. The minimum atomic E-state index is 0. The fourth-order valence-electron chi connectivity index (χ4n) is 2.71. The van der Waals surface area contributed by atoms with Crippen molar-refractivity contribution in [3.8, 4) is 0 Å². The Kier molecular flexibility index (Phi) is 4.18. The summed E-state index contributed by atoms with van der Waals surface area (Å²) in [5.41, 5.74) is 1.26. The summed E-state index contributed by atoms with van der Waals surface area (Å²) < 4.78 is 0. The van der Waals surface area contributed by atoms with Crippen LogP contribution in [0.25, 0.3) is 0 Å². The summed E-state index contributed by atoms with van der Waals surface area (Å²) >= 11 is 6.22. The Morgan fingerprint density at radius 2 is 2.06 bits per heavy atom. The second kappa shape index (κ2) is 5.50. The first kappa shape index (κ1) is 13.7. The summed E-state index contributed by atoms with van der Waals surface area (Å²) in [5, 5.41) is 3.77. The molecule has 1 heterocycles. The number of aliphatic imine (C=N–C) groups is 1. The first-order chi connectivity index (χ1) is 8.25. The van der Waals surface area contributed by atoms with Crippen molar-refractivity contribution in [2.45, 2.75) is 31.3 Å². The van der Waals surface area contributed by atoms with Crippen LogP contribution in [0.4, 0.5) is 0 Å². The molecule has 2 aliphatic rings. The van der Waals surface area contributed by atoms with Crippen LogP contribution in [-0.2, 0) is 6.54 Å². The molecule has 3 rings (SSSR count). The molecule has 4 atom stereocenters. The second-order valence-corrected chi connectivity index (χ2v) is 5.63. The van der Waals surface area contributed by atoms with E-state index < -0.39 is 0 Å². The molecule has 2 unspecified atom stereocenters. The minimum absolute atomic E-state index is 0. The van der Waals surface area contributed by atoms with E-state index in [1.165, 1.54) is 5.56 Å². The van der Waals surface area contributed by atoms with Gasteiger partial charge in [-0.1, -0.05) is 37.3 Å². The predicted molar refractivity (Wildman–Crippen MR) is 78.7 cm³/mol. The Morgan fingerprint density at radius 3 is 2.72 bits per heavy atom. The van der Waals surface area contributed by atoms with Crippen molar-refractivity contribution in [3.63, 3.8) is 0 Å². The van der Waals surface area contributed by atoms with Gasteiger partial charge in [0.15, 0.2) is 0 Å². The first-order valence-electron chi connectivity index (χ1n) is 6.23. The monoisotopic (exact) mass is 284 g/mol. The van der Waals surface area contributed by atoms with Crippen molar-refractivity contribution in [3.05, 3.63) is 35.9 Å². The molecular weight excluding hydrogens is 267 g/mol. The molecule has 0 bridgehead atoms. The molecule has 0 spiro atoms. The van der Waals surface area contributed by atoms with E-state index in [1.807, 2.05) is 6.07 Å². The Labute approximate surface area is 119 Å². The quantitative estimate of drug-likeness (QED) is 0.829. The van der Waals surface area contributed by atoms with Crippen molar-refractivity contribution < 1.29 is 0 Å². The maximum absolute atomic E-state index is 6.22. The van der Waals surface area contributed by atoms with E-state index in [4.69, 9.17) is 11.6 Å². The average molecular weight is 285 g/mol. The van der Waals surface area contributed by atoms with Crippen LogP contribution in [-0.4, -0.2) is 17.3 Å². The molecule has 0 aromatic heterocycles. The predicted octanol–water partition coefficient (Wildman–Crippen LogP) is 3.24. The highest BCUT2D eigenvalue weighted by atomic mass is 35.5. The summed E-state index contributed by atoms with van der Waals surface area (Å²) in [6.07, 6.45) is 1.04. The van der Waals surface area contributed by atoms with E-state index in [1.54, 1.807) is 0 Å². The molecule has 0 amide bonds. The minimum Gasteiger partial charge on any atom is -0.369 e. The summed E-state index contributed by atoms with van der Waals surface area (Å²) in [5.74, 6) is 2.45. The summed E-state index contributed by atoms with van der Waals surface area (Å²) in [7, 11) is 0. The average Bonchev–Trinajstić information content (AvgIpc) is 3.00. The van der Waals surface area contributed by atoms with Crippen LogP contribution in [0.2, 0.25) is 0 Å². The molecule has 4 heteroatoms. The van der Waals surface area contributed by atoms with E-state index in [0.29, 0.717) is 23.3 Å². The lowest BCUT2D eigenvalue weighted by Gasteiger charge is -2.20. The second-order valence-electron chi connectivity index (χ2n) is 5.12. The number of nitrogens with one attached hydrogen (secondary N) is 1. The van der Waals surface area contributed by atoms with Crippen LogP contribution in [0.5, 0.6) is 0 Å². The number of alkyl halides is 1. The van der Waals surface area contributed by atoms with Crippen molar-refractivity contribution >= 4 is 29.8 Å². The number of halogens is 2. The Hall–Kier alpha value is -0.730. The van der Waals surface area contributed by atoms with Gasteiger partial charge in [0.25, 0.3) is 0 Å². The molecule has 2 nitrogen and oxygen atoms in total. The lowest BCUT2D eigenvalue weighted by atomic mass is 9.98. The van der Waals surface area contributed by atoms with Gasteiger partial charge in [0.1, 0.15) is 0 Å².